The second kappa shape index (κ2) is 12.2. The van der Waals surface area contributed by atoms with Gasteiger partial charge in [-0.15, -0.1) is 0 Å². The van der Waals surface area contributed by atoms with Gasteiger partial charge in [-0.05, 0) is 57.6 Å². The predicted molar refractivity (Wildman–Crippen MR) is 200 cm³/mol. The van der Waals surface area contributed by atoms with E-state index in [9.17, 15) is 0 Å². The highest BCUT2D eigenvalue weighted by Gasteiger charge is 2.18. The Bertz CT molecular complexity index is 2810. The van der Waals surface area contributed by atoms with Gasteiger partial charge in [0.05, 0.1) is 11.0 Å². The summed E-state index contributed by atoms with van der Waals surface area (Å²) in [7, 11) is 0. The summed E-state index contributed by atoms with van der Waals surface area (Å²) in [6, 6.07) is 48.9. The summed E-state index contributed by atoms with van der Waals surface area (Å²) in [4.78, 5) is 14.9. The number of furan rings is 1. The minimum atomic E-state index is -0.0947. The zero-order chi connectivity index (χ0) is 36.1. The Balaban J connectivity index is 1.27. The molecule has 0 bridgehead atoms. The van der Waals surface area contributed by atoms with Gasteiger partial charge < -0.3 is 4.42 Å². The molecule has 9 rings (SSSR count). The standard InChI is InChI=1S/C45H29N3O/c1-4-12-30(13-5-1)33-22-24-34(25-23-33)43-46-44(37-19-10-18-35(28-37)31-14-6-2-7-15-31)48-45(47-43)39-21-11-20-38-40-29-36(32-16-8-3-9-17-32)26-27-41(40)49-42(38)39/h1-29H/i20D,21D,26D,27D. The molecule has 4 heteroatoms. The van der Waals surface area contributed by atoms with Crippen LogP contribution in [0.25, 0.3) is 89.5 Å². The van der Waals surface area contributed by atoms with Gasteiger partial charge in [-0.3, -0.25) is 0 Å². The van der Waals surface area contributed by atoms with Crippen molar-refractivity contribution in [3.63, 3.8) is 0 Å². The molecule has 0 saturated heterocycles. The maximum atomic E-state index is 9.13. The molecule has 0 unspecified atom stereocenters. The van der Waals surface area contributed by atoms with Crippen LogP contribution in [0.3, 0.4) is 0 Å². The van der Waals surface area contributed by atoms with Gasteiger partial charge in [0.2, 0.25) is 0 Å². The fraction of sp³-hybridized carbons (Fsp3) is 0. The number of hydrogen-bond acceptors (Lipinski definition) is 4. The lowest BCUT2D eigenvalue weighted by Crippen LogP contribution is -2.00. The van der Waals surface area contributed by atoms with Crippen molar-refractivity contribution < 1.29 is 9.90 Å². The van der Waals surface area contributed by atoms with Crippen LogP contribution in [0.5, 0.6) is 0 Å². The van der Waals surface area contributed by atoms with E-state index in [1.54, 1.807) is 6.07 Å². The van der Waals surface area contributed by atoms with E-state index in [1.165, 1.54) is 6.07 Å². The predicted octanol–water partition coefficient (Wildman–Crippen LogP) is 11.8. The molecule has 0 saturated carbocycles. The largest absolute Gasteiger partial charge is 0.455 e. The Morgan fingerprint density at radius 3 is 1.59 bits per heavy atom. The second-order valence-corrected chi connectivity index (χ2v) is 11.7. The smallest absolute Gasteiger partial charge is 0.167 e. The number of aromatic nitrogens is 3. The lowest BCUT2D eigenvalue weighted by atomic mass is 10.0. The summed E-state index contributed by atoms with van der Waals surface area (Å²) in [5.41, 5.74) is 7.75. The van der Waals surface area contributed by atoms with E-state index in [2.05, 4.69) is 24.3 Å². The van der Waals surface area contributed by atoms with Crippen molar-refractivity contribution in [2.75, 3.05) is 0 Å². The first-order chi connectivity index (χ1) is 25.9. The van der Waals surface area contributed by atoms with Gasteiger partial charge in [0.1, 0.15) is 11.2 Å². The summed E-state index contributed by atoms with van der Waals surface area (Å²) in [5, 5.41) is 0.950. The molecule has 230 valence electrons. The van der Waals surface area contributed by atoms with Gasteiger partial charge in [-0.1, -0.05) is 152 Å². The molecule has 0 radical (unpaired) electrons. The number of fused-ring (bicyclic) bond motifs is 3. The van der Waals surface area contributed by atoms with Gasteiger partial charge in [-0.2, -0.15) is 0 Å². The molecule has 0 spiro atoms. The highest BCUT2D eigenvalue weighted by molar-refractivity contribution is 6.10. The molecule has 0 aliphatic carbocycles. The van der Waals surface area contributed by atoms with Gasteiger partial charge in [0.25, 0.3) is 0 Å². The molecule has 4 nitrogen and oxygen atoms in total. The molecular formula is C45H29N3O. The van der Waals surface area contributed by atoms with Crippen molar-refractivity contribution in [3.8, 4) is 67.5 Å². The third-order valence-corrected chi connectivity index (χ3v) is 8.63. The van der Waals surface area contributed by atoms with Crippen LogP contribution in [0.2, 0.25) is 0 Å². The minimum Gasteiger partial charge on any atom is -0.455 e. The van der Waals surface area contributed by atoms with Crippen molar-refractivity contribution >= 4 is 21.9 Å². The quantitative estimate of drug-likeness (QED) is 0.183. The van der Waals surface area contributed by atoms with Crippen LogP contribution in [0.1, 0.15) is 5.48 Å². The molecule has 9 aromatic rings. The maximum Gasteiger partial charge on any atom is 0.167 e. The van der Waals surface area contributed by atoms with Gasteiger partial charge in [0.15, 0.2) is 17.5 Å². The topological polar surface area (TPSA) is 51.8 Å². The maximum absolute atomic E-state index is 9.13. The summed E-state index contributed by atoms with van der Waals surface area (Å²) in [5.74, 6) is 1.03. The van der Waals surface area contributed by atoms with E-state index < -0.39 is 0 Å². The Kier molecular flexibility index (Phi) is 6.09. The van der Waals surface area contributed by atoms with E-state index in [-0.39, 0.29) is 46.7 Å². The third-order valence-electron chi connectivity index (χ3n) is 8.63. The first kappa shape index (κ1) is 24.5. The molecule has 2 heterocycles. The zero-order valence-corrected chi connectivity index (χ0v) is 26.2. The van der Waals surface area contributed by atoms with Crippen LogP contribution in [0, 0.1) is 0 Å². The van der Waals surface area contributed by atoms with Gasteiger partial charge in [0, 0.05) is 21.9 Å². The van der Waals surface area contributed by atoms with Gasteiger partial charge >= 0.3 is 0 Å². The molecule has 0 N–H and O–H groups in total. The molecule has 0 amide bonds. The molecular weight excluding hydrogens is 599 g/mol. The average Bonchev–Trinajstić information content (AvgIpc) is 3.60. The van der Waals surface area contributed by atoms with E-state index >= 15 is 0 Å². The van der Waals surface area contributed by atoms with Crippen LogP contribution in [0.15, 0.2) is 180 Å². The van der Waals surface area contributed by atoms with Crippen LogP contribution in [-0.2, 0) is 0 Å². The van der Waals surface area contributed by atoms with Crippen molar-refractivity contribution in [2.24, 2.45) is 0 Å². The Morgan fingerprint density at radius 2 is 0.898 bits per heavy atom. The molecule has 0 aliphatic rings. The van der Waals surface area contributed by atoms with E-state index in [0.29, 0.717) is 28.0 Å². The minimum absolute atomic E-state index is 0.00280. The number of nitrogens with zero attached hydrogens (tertiary/aromatic N) is 3. The second-order valence-electron chi connectivity index (χ2n) is 11.7. The van der Waals surface area contributed by atoms with Gasteiger partial charge in [-0.25, -0.2) is 15.0 Å². The van der Waals surface area contributed by atoms with E-state index in [0.717, 1.165) is 38.9 Å². The Morgan fingerprint density at radius 1 is 0.367 bits per heavy atom. The Labute approximate surface area is 289 Å². The molecule has 49 heavy (non-hydrogen) atoms. The number of benzene rings is 7. The molecule has 0 aliphatic heterocycles. The van der Waals surface area contributed by atoms with Crippen molar-refractivity contribution in [3.05, 3.63) is 176 Å². The average molecular weight is 632 g/mol. The highest BCUT2D eigenvalue weighted by Crippen LogP contribution is 2.38. The lowest BCUT2D eigenvalue weighted by Gasteiger charge is -2.10. The van der Waals surface area contributed by atoms with Crippen molar-refractivity contribution in [1.82, 2.24) is 15.0 Å². The monoisotopic (exact) mass is 631 g/mol. The fourth-order valence-corrected chi connectivity index (χ4v) is 6.14. The van der Waals surface area contributed by atoms with E-state index in [4.69, 9.17) is 24.9 Å². The molecule has 7 aromatic carbocycles. The third kappa shape index (κ3) is 5.45. The number of rotatable bonds is 6. The fourth-order valence-electron chi connectivity index (χ4n) is 6.14. The summed E-state index contributed by atoms with van der Waals surface area (Å²) < 4.78 is 42.3. The lowest BCUT2D eigenvalue weighted by molar-refractivity contribution is 0.669. The summed E-state index contributed by atoms with van der Waals surface area (Å²) in [6.07, 6.45) is 0. The van der Waals surface area contributed by atoms with Crippen LogP contribution < -0.4 is 0 Å². The first-order valence-corrected chi connectivity index (χ1v) is 16.0. The Hall–Kier alpha value is -6.65. The first-order valence-electron chi connectivity index (χ1n) is 18.0. The SMILES string of the molecule is [2H]c1cc([2H])c2c(oc3c([2H])c([2H])c(-c4ccccc4)cc32)c1-c1nc(-c2ccc(-c3ccccc3)cc2)nc(-c2cccc(-c3ccccc3)c2)n1. The summed E-state index contributed by atoms with van der Waals surface area (Å²) >= 11 is 0. The van der Waals surface area contributed by atoms with Crippen LogP contribution in [-0.4, -0.2) is 15.0 Å². The van der Waals surface area contributed by atoms with Crippen LogP contribution in [0.4, 0.5) is 0 Å². The van der Waals surface area contributed by atoms with Crippen molar-refractivity contribution in [2.45, 2.75) is 0 Å². The zero-order valence-electron chi connectivity index (χ0n) is 30.2. The molecule has 2 aromatic heterocycles. The normalized spacial score (nSPS) is 12.4. The molecule has 0 fully saturated rings. The number of para-hydroxylation sites is 1. The molecule has 0 atom stereocenters. The summed E-state index contributed by atoms with van der Waals surface area (Å²) in [6.45, 7) is 0. The van der Waals surface area contributed by atoms with Crippen LogP contribution >= 0.6 is 0 Å². The van der Waals surface area contributed by atoms with E-state index in [1.807, 2.05) is 115 Å². The number of hydrogen-bond donors (Lipinski definition) is 0. The highest BCUT2D eigenvalue weighted by atomic mass is 16.3. The van der Waals surface area contributed by atoms with Crippen molar-refractivity contribution in [1.29, 1.82) is 0 Å².